The number of rotatable bonds is 10. The monoisotopic (exact) mass is 703 g/mol. The number of ether oxygens (including phenoxy) is 5. The van der Waals surface area contributed by atoms with Crippen LogP contribution in [0, 0.1) is 14.9 Å². The van der Waals surface area contributed by atoms with Crippen molar-refractivity contribution in [2.75, 3.05) is 27.4 Å². The van der Waals surface area contributed by atoms with Crippen LogP contribution in [0.15, 0.2) is 51.4 Å². The molecule has 0 N–H and O–H groups in total. The van der Waals surface area contributed by atoms with E-state index in [9.17, 15) is 9.59 Å². The summed E-state index contributed by atoms with van der Waals surface area (Å²) in [6.45, 7) is 7.24. The molecule has 0 fully saturated rings. The molecule has 0 saturated heterocycles. The predicted molar refractivity (Wildman–Crippen MR) is 166 cm³/mol. The summed E-state index contributed by atoms with van der Waals surface area (Å²) in [6, 6.07) is 10.1. The smallest absolute Gasteiger partial charge is 0.338 e. The zero-order chi connectivity index (χ0) is 30.6. The van der Waals surface area contributed by atoms with Crippen LogP contribution in [0.25, 0.3) is 6.08 Å². The highest BCUT2D eigenvalue weighted by molar-refractivity contribution is 14.1. The number of thiazole rings is 1. The van der Waals surface area contributed by atoms with Crippen molar-refractivity contribution in [3.05, 3.63) is 76.0 Å². The van der Waals surface area contributed by atoms with Crippen LogP contribution in [0.4, 0.5) is 0 Å². The van der Waals surface area contributed by atoms with Gasteiger partial charge in [-0.1, -0.05) is 17.4 Å². The van der Waals surface area contributed by atoms with E-state index in [2.05, 4.69) is 27.6 Å². The van der Waals surface area contributed by atoms with E-state index in [1.807, 2.05) is 26.0 Å². The third-order valence-electron chi connectivity index (χ3n) is 6.22. The number of nitriles is 1. The Morgan fingerprint density at radius 1 is 1.19 bits per heavy atom. The average Bonchev–Trinajstić information content (AvgIpc) is 3.25. The van der Waals surface area contributed by atoms with E-state index in [0.717, 1.165) is 3.57 Å². The number of carbonyl (C=O) groups excluding carboxylic acids is 1. The van der Waals surface area contributed by atoms with Crippen LogP contribution < -0.4 is 33.8 Å². The number of hydrogen-bond donors (Lipinski definition) is 0. The number of esters is 1. The van der Waals surface area contributed by atoms with Gasteiger partial charge in [-0.3, -0.25) is 9.36 Å². The van der Waals surface area contributed by atoms with Gasteiger partial charge in [0.05, 0.1) is 48.8 Å². The third kappa shape index (κ3) is 6.32. The van der Waals surface area contributed by atoms with Crippen LogP contribution in [0.2, 0.25) is 0 Å². The topological polar surface area (TPSA) is 121 Å². The zero-order valence-corrected chi connectivity index (χ0v) is 27.0. The van der Waals surface area contributed by atoms with E-state index < -0.39 is 12.0 Å². The van der Waals surface area contributed by atoms with Gasteiger partial charge in [0, 0.05) is 9.13 Å². The molecule has 1 aliphatic heterocycles. The first-order chi connectivity index (χ1) is 20.1. The summed E-state index contributed by atoms with van der Waals surface area (Å²) in [5, 5.41) is 9.10. The molecule has 0 spiro atoms. The number of methoxy groups -OCH3 is 2. The summed E-state index contributed by atoms with van der Waals surface area (Å²) in [5.74, 6) is 1.22. The molecule has 0 saturated carbocycles. The largest absolute Gasteiger partial charge is 0.493 e. The molecule has 1 aromatic heterocycles. The van der Waals surface area contributed by atoms with Gasteiger partial charge in [0.15, 0.2) is 34.4 Å². The minimum atomic E-state index is -0.829. The molecule has 0 aliphatic carbocycles. The minimum Gasteiger partial charge on any atom is -0.493 e. The molecule has 0 amide bonds. The van der Waals surface area contributed by atoms with Gasteiger partial charge < -0.3 is 23.7 Å². The molecule has 12 heteroatoms. The molecule has 2 aromatic carbocycles. The molecule has 3 aromatic rings. The highest BCUT2D eigenvalue weighted by Gasteiger charge is 2.34. The normalized spacial score (nSPS) is 14.6. The van der Waals surface area contributed by atoms with Crippen molar-refractivity contribution in [1.82, 2.24) is 4.57 Å². The Labute approximate surface area is 260 Å². The molecule has 1 atom stereocenters. The summed E-state index contributed by atoms with van der Waals surface area (Å²) in [5.41, 5.74) is 1.53. The average molecular weight is 704 g/mol. The van der Waals surface area contributed by atoms with Gasteiger partial charge >= 0.3 is 5.97 Å². The van der Waals surface area contributed by atoms with Gasteiger partial charge in [-0.15, -0.1) is 0 Å². The van der Waals surface area contributed by atoms with Gasteiger partial charge in [-0.05, 0) is 86.2 Å². The zero-order valence-electron chi connectivity index (χ0n) is 24.0. The van der Waals surface area contributed by atoms with Crippen molar-refractivity contribution < 1.29 is 28.5 Å². The van der Waals surface area contributed by atoms with Crippen LogP contribution in [0.5, 0.6) is 23.0 Å². The van der Waals surface area contributed by atoms with Crippen molar-refractivity contribution in [3.8, 4) is 29.1 Å². The molecule has 0 bridgehead atoms. The molecule has 0 unspecified atom stereocenters. The lowest BCUT2D eigenvalue weighted by Gasteiger charge is -2.25. The van der Waals surface area contributed by atoms with E-state index in [0.29, 0.717) is 49.2 Å². The fourth-order valence-corrected chi connectivity index (χ4v) is 6.22. The maximum Gasteiger partial charge on any atom is 0.338 e. The fourth-order valence-electron chi connectivity index (χ4n) is 4.56. The van der Waals surface area contributed by atoms with Crippen molar-refractivity contribution >= 4 is 46.0 Å². The van der Waals surface area contributed by atoms with Gasteiger partial charge in [0.1, 0.15) is 6.07 Å². The number of fused-ring (bicyclic) bond motifs is 1. The summed E-state index contributed by atoms with van der Waals surface area (Å²) >= 11 is 3.33. The van der Waals surface area contributed by atoms with Gasteiger partial charge in [-0.25, -0.2) is 9.79 Å². The standard InChI is InChI=1S/C30H30IN3O7S/c1-7-39-29(36)25-17(4)33-30-34(26(25)18-8-9-21(41-16(2)3)22(13-18)37-5)28(35)24(42-30)14-19-12-20(31)15-23(38-6)27(19)40-11-10-32/h8-9,12-16,26H,7,11H2,1-6H3/b24-14+/t26-/m0/s1. The highest BCUT2D eigenvalue weighted by atomic mass is 127. The van der Waals surface area contributed by atoms with Crippen LogP contribution in [0.1, 0.15) is 44.9 Å². The Hall–Kier alpha value is -3.83. The van der Waals surface area contributed by atoms with Crippen molar-refractivity contribution in [1.29, 1.82) is 5.26 Å². The maximum atomic E-state index is 14.1. The Morgan fingerprint density at radius 2 is 1.93 bits per heavy atom. The van der Waals surface area contributed by atoms with Crippen LogP contribution in [-0.2, 0) is 9.53 Å². The molecule has 4 rings (SSSR count). The number of allylic oxidation sites excluding steroid dienone is 1. The van der Waals surface area contributed by atoms with E-state index in [-0.39, 0.29) is 30.5 Å². The Kier molecular flexibility index (Phi) is 9.95. The van der Waals surface area contributed by atoms with E-state index >= 15 is 0 Å². The van der Waals surface area contributed by atoms with Crippen molar-refractivity contribution in [2.24, 2.45) is 4.99 Å². The molecule has 220 valence electrons. The fraction of sp³-hybridized carbons (Fsp3) is 0.333. The number of hydrogen-bond acceptors (Lipinski definition) is 10. The van der Waals surface area contributed by atoms with E-state index in [4.69, 9.17) is 28.9 Å². The third-order valence-corrected chi connectivity index (χ3v) is 7.82. The number of benzene rings is 2. The number of carbonyl (C=O) groups is 1. The van der Waals surface area contributed by atoms with Gasteiger partial charge in [-0.2, -0.15) is 5.26 Å². The first-order valence-corrected chi connectivity index (χ1v) is 14.9. The molecule has 0 radical (unpaired) electrons. The lowest BCUT2D eigenvalue weighted by atomic mass is 9.95. The van der Waals surface area contributed by atoms with Crippen LogP contribution in [-0.4, -0.2) is 44.1 Å². The molecule has 42 heavy (non-hydrogen) atoms. The van der Waals surface area contributed by atoms with Crippen molar-refractivity contribution in [2.45, 2.75) is 39.8 Å². The number of halogens is 1. The summed E-state index contributed by atoms with van der Waals surface area (Å²) in [7, 11) is 3.04. The second kappa shape index (κ2) is 13.4. The molecular formula is C30H30IN3O7S. The van der Waals surface area contributed by atoms with E-state index in [1.165, 1.54) is 30.1 Å². The second-order valence-electron chi connectivity index (χ2n) is 9.35. The SMILES string of the molecule is CCOC(=O)C1=C(C)N=c2s/c(=C/c3cc(I)cc(OC)c3OCC#N)c(=O)n2[C@H]1c1ccc(OC(C)C)c(OC)c1. The summed E-state index contributed by atoms with van der Waals surface area (Å²) < 4.78 is 30.7. The number of aromatic nitrogens is 1. The number of nitrogens with zero attached hydrogens (tertiary/aromatic N) is 3. The maximum absolute atomic E-state index is 14.1. The van der Waals surface area contributed by atoms with Gasteiger partial charge in [0.2, 0.25) is 0 Å². The molecular weight excluding hydrogens is 673 g/mol. The highest BCUT2D eigenvalue weighted by Crippen LogP contribution is 2.37. The first-order valence-electron chi connectivity index (χ1n) is 13.0. The summed E-state index contributed by atoms with van der Waals surface area (Å²) in [6.07, 6.45) is 1.60. The van der Waals surface area contributed by atoms with Crippen molar-refractivity contribution in [3.63, 3.8) is 0 Å². The van der Waals surface area contributed by atoms with Gasteiger partial charge in [0.25, 0.3) is 5.56 Å². The Balaban J connectivity index is 1.98. The lowest BCUT2D eigenvalue weighted by molar-refractivity contribution is -0.139. The van der Waals surface area contributed by atoms with Crippen LogP contribution >= 0.6 is 33.9 Å². The minimum absolute atomic E-state index is 0.0821. The van der Waals surface area contributed by atoms with E-state index in [1.54, 1.807) is 44.2 Å². The molecule has 1 aliphatic rings. The molecule has 2 heterocycles. The Morgan fingerprint density at radius 3 is 2.57 bits per heavy atom. The predicted octanol–water partition coefficient (Wildman–Crippen LogP) is 4.11. The quantitative estimate of drug-likeness (QED) is 0.229. The first kappa shape index (κ1) is 31.1. The molecule has 10 nitrogen and oxygen atoms in total. The van der Waals surface area contributed by atoms with Crippen LogP contribution in [0.3, 0.4) is 0 Å². The lowest BCUT2D eigenvalue weighted by Crippen LogP contribution is -2.40. The summed E-state index contributed by atoms with van der Waals surface area (Å²) in [4.78, 5) is 32.4. The second-order valence-corrected chi connectivity index (χ2v) is 11.6. The Bertz CT molecular complexity index is 1770.